The van der Waals surface area contributed by atoms with Crippen LogP contribution in [0, 0.1) is 0 Å². The number of fused-ring (bicyclic) bond motifs is 1. The number of ether oxygens (including phenoxy) is 1. The number of esters is 1. The van der Waals surface area contributed by atoms with E-state index in [-0.39, 0.29) is 11.8 Å². The van der Waals surface area contributed by atoms with Crippen LogP contribution in [0.25, 0.3) is 0 Å². The molecule has 0 radical (unpaired) electrons. The van der Waals surface area contributed by atoms with Crippen LogP contribution in [-0.2, 0) is 16.1 Å². The lowest BCUT2D eigenvalue weighted by molar-refractivity contribution is -0.120. The van der Waals surface area contributed by atoms with Gasteiger partial charge in [0.15, 0.2) is 0 Å². The van der Waals surface area contributed by atoms with Gasteiger partial charge in [-0.1, -0.05) is 48.5 Å². The fourth-order valence-corrected chi connectivity index (χ4v) is 3.61. The van der Waals surface area contributed by atoms with Crippen LogP contribution in [0.4, 0.5) is 5.69 Å². The van der Waals surface area contributed by atoms with Crippen molar-refractivity contribution in [3.8, 4) is 0 Å². The molecule has 1 aliphatic heterocycles. The summed E-state index contributed by atoms with van der Waals surface area (Å²) in [6.45, 7) is 0.364. The summed E-state index contributed by atoms with van der Waals surface area (Å²) in [4.78, 5) is 39.5. The topological polar surface area (TPSA) is 75.7 Å². The van der Waals surface area contributed by atoms with Crippen molar-refractivity contribution in [3.63, 3.8) is 0 Å². The van der Waals surface area contributed by atoms with E-state index < -0.39 is 12.0 Å². The monoisotopic (exact) mass is 400 g/mol. The van der Waals surface area contributed by atoms with Crippen molar-refractivity contribution < 1.29 is 19.1 Å². The Morgan fingerprint density at radius 1 is 0.933 bits per heavy atom. The molecule has 1 aliphatic rings. The largest absolute Gasteiger partial charge is 0.465 e. The zero-order valence-corrected chi connectivity index (χ0v) is 16.4. The van der Waals surface area contributed by atoms with Crippen LogP contribution in [0.5, 0.6) is 0 Å². The molecule has 0 fully saturated rings. The first kappa shape index (κ1) is 19.4. The Hall–Kier alpha value is -3.93. The fraction of sp³-hybridized carbons (Fsp3) is 0.125. The quantitative estimate of drug-likeness (QED) is 0.661. The summed E-state index contributed by atoms with van der Waals surface area (Å²) in [5.74, 6) is -0.945. The summed E-state index contributed by atoms with van der Waals surface area (Å²) < 4.78 is 4.69. The first-order valence-electron chi connectivity index (χ1n) is 9.51. The summed E-state index contributed by atoms with van der Waals surface area (Å²) in [7, 11) is 1.31. The minimum atomic E-state index is -0.786. The number of hydrogen-bond donors (Lipinski definition) is 1. The van der Waals surface area contributed by atoms with Gasteiger partial charge in [0.1, 0.15) is 6.04 Å². The molecular formula is C24H20N2O4. The van der Waals surface area contributed by atoms with E-state index in [1.807, 2.05) is 48.5 Å². The van der Waals surface area contributed by atoms with Gasteiger partial charge in [-0.25, -0.2) is 4.79 Å². The third-order valence-electron chi connectivity index (χ3n) is 5.10. The maximum atomic E-state index is 13.3. The summed E-state index contributed by atoms with van der Waals surface area (Å²) in [5.41, 5.74) is 3.16. The lowest BCUT2D eigenvalue weighted by Crippen LogP contribution is -2.37. The Morgan fingerprint density at radius 2 is 1.60 bits per heavy atom. The van der Waals surface area contributed by atoms with Crippen molar-refractivity contribution in [3.05, 3.63) is 101 Å². The van der Waals surface area contributed by atoms with E-state index in [0.717, 1.165) is 11.1 Å². The number of methoxy groups -OCH3 is 1. The zero-order valence-electron chi connectivity index (χ0n) is 16.4. The highest BCUT2D eigenvalue weighted by atomic mass is 16.5. The van der Waals surface area contributed by atoms with E-state index in [1.165, 1.54) is 7.11 Å². The van der Waals surface area contributed by atoms with Gasteiger partial charge in [-0.2, -0.15) is 0 Å². The number of nitrogens with zero attached hydrogens (tertiary/aromatic N) is 1. The molecule has 2 amide bonds. The first-order valence-corrected chi connectivity index (χ1v) is 9.51. The highest BCUT2D eigenvalue weighted by molar-refractivity contribution is 6.04. The average Bonchev–Trinajstić information content (AvgIpc) is 3.11. The summed E-state index contributed by atoms with van der Waals surface area (Å²) in [6, 6.07) is 22.2. The Morgan fingerprint density at radius 3 is 2.27 bits per heavy atom. The van der Waals surface area contributed by atoms with Crippen LogP contribution < -0.4 is 5.32 Å². The molecule has 6 nitrogen and oxygen atoms in total. The molecule has 0 aliphatic carbocycles. The van der Waals surface area contributed by atoms with Crippen molar-refractivity contribution in [2.24, 2.45) is 0 Å². The number of nitrogens with one attached hydrogen (secondary N) is 1. The highest BCUT2D eigenvalue weighted by Crippen LogP contribution is 2.32. The molecule has 0 spiro atoms. The molecule has 1 N–H and O–H groups in total. The molecular weight excluding hydrogens is 380 g/mol. The Labute approximate surface area is 174 Å². The van der Waals surface area contributed by atoms with Crippen molar-refractivity contribution in [1.29, 1.82) is 0 Å². The Balaban J connectivity index is 1.62. The van der Waals surface area contributed by atoms with Crippen LogP contribution in [0.1, 0.15) is 37.9 Å². The average molecular weight is 400 g/mol. The van der Waals surface area contributed by atoms with Crippen LogP contribution in [0.15, 0.2) is 78.9 Å². The number of hydrogen-bond acceptors (Lipinski definition) is 4. The molecule has 0 bridgehead atoms. The van der Waals surface area contributed by atoms with Gasteiger partial charge in [0.2, 0.25) is 0 Å². The molecule has 0 saturated heterocycles. The molecule has 1 atom stereocenters. The highest BCUT2D eigenvalue weighted by Gasteiger charge is 2.37. The lowest BCUT2D eigenvalue weighted by atomic mass is 10.0. The van der Waals surface area contributed by atoms with E-state index in [1.54, 1.807) is 35.2 Å². The summed E-state index contributed by atoms with van der Waals surface area (Å²) >= 11 is 0. The lowest BCUT2D eigenvalue weighted by Gasteiger charge is -2.27. The van der Waals surface area contributed by atoms with Crippen molar-refractivity contribution >= 4 is 23.5 Å². The predicted octanol–water partition coefficient (Wildman–Crippen LogP) is 3.81. The maximum absolute atomic E-state index is 13.3. The second-order valence-corrected chi connectivity index (χ2v) is 6.96. The van der Waals surface area contributed by atoms with Gasteiger partial charge in [0, 0.05) is 17.8 Å². The standard InChI is InChI=1S/C24H20N2O4/c1-30-24(29)17-11-13-19(14-12-17)25-22(27)21(16-7-3-2-4-8-16)26-15-18-9-5-6-10-20(18)23(26)28/h2-14,21H,15H2,1H3,(H,25,27)/t21-/m1/s1. The van der Waals surface area contributed by atoms with Gasteiger partial charge in [-0.05, 0) is 41.5 Å². The SMILES string of the molecule is COC(=O)c1ccc(NC(=O)[C@@H](c2ccccc2)N2Cc3ccccc3C2=O)cc1. The second kappa shape index (κ2) is 8.21. The van der Waals surface area contributed by atoms with Gasteiger partial charge >= 0.3 is 5.97 Å². The number of benzene rings is 3. The van der Waals surface area contributed by atoms with Crippen LogP contribution in [0.3, 0.4) is 0 Å². The molecule has 30 heavy (non-hydrogen) atoms. The van der Waals surface area contributed by atoms with Gasteiger partial charge in [-0.15, -0.1) is 0 Å². The fourth-order valence-electron chi connectivity index (χ4n) is 3.61. The number of rotatable bonds is 5. The third-order valence-corrected chi connectivity index (χ3v) is 5.10. The number of carbonyl (C=O) groups is 3. The molecule has 4 rings (SSSR count). The maximum Gasteiger partial charge on any atom is 0.337 e. The molecule has 0 aromatic heterocycles. The molecule has 0 saturated carbocycles. The molecule has 6 heteroatoms. The minimum Gasteiger partial charge on any atom is -0.465 e. The van der Waals surface area contributed by atoms with E-state index in [9.17, 15) is 14.4 Å². The zero-order chi connectivity index (χ0) is 21.1. The van der Waals surface area contributed by atoms with Crippen molar-refractivity contribution in [2.75, 3.05) is 12.4 Å². The van der Waals surface area contributed by atoms with Gasteiger partial charge < -0.3 is 15.0 Å². The minimum absolute atomic E-state index is 0.171. The Bertz CT molecular complexity index is 1090. The van der Waals surface area contributed by atoms with Crippen molar-refractivity contribution in [2.45, 2.75) is 12.6 Å². The van der Waals surface area contributed by atoms with E-state index in [0.29, 0.717) is 23.4 Å². The first-order chi connectivity index (χ1) is 14.6. The van der Waals surface area contributed by atoms with E-state index in [4.69, 9.17) is 4.74 Å². The normalized spacial score (nSPS) is 13.5. The van der Waals surface area contributed by atoms with Crippen LogP contribution in [0.2, 0.25) is 0 Å². The summed E-state index contributed by atoms with van der Waals surface area (Å²) in [5, 5.41) is 2.86. The molecule has 0 unspecified atom stereocenters. The molecule has 3 aromatic carbocycles. The molecule has 3 aromatic rings. The number of anilines is 1. The van der Waals surface area contributed by atoms with Crippen LogP contribution >= 0.6 is 0 Å². The van der Waals surface area contributed by atoms with Gasteiger partial charge in [0.25, 0.3) is 11.8 Å². The van der Waals surface area contributed by atoms with E-state index >= 15 is 0 Å². The second-order valence-electron chi connectivity index (χ2n) is 6.96. The molecule has 1 heterocycles. The third kappa shape index (κ3) is 3.67. The van der Waals surface area contributed by atoms with Gasteiger partial charge in [-0.3, -0.25) is 9.59 Å². The van der Waals surface area contributed by atoms with E-state index in [2.05, 4.69) is 5.32 Å². The summed E-state index contributed by atoms with van der Waals surface area (Å²) in [6.07, 6.45) is 0. The van der Waals surface area contributed by atoms with Crippen LogP contribution in [-0.4, -0.2) is 29.8 Å². The smallest absolute Gasteiger partial charge is 0.337 e. The Kier molecular flexibility index (Phi) is 5.30. The van der Waals surface area contributed by atoms with Gasteiger partial charge in [0.05, 0.1) is 12.7 Å². The number of amides is 2. The predicted molar refractivity (Wildman–Crippen MR) is 112 cm³/mol. The molecule has 150 valence electrons. The number of carbonyl (C=O) groups excluding carboxylic acids is 3. The van der Waals surface area contributed by atoms with Crippen molar-refractivity contribution in [1.82, 2.24) is 4.90 Å².